The minimum atomic E-state index is -1.32. The normalized spacial score (nSPS) is 11.2. The molecule has 0 heterocycles. The lowest BCUT2D eigenvalue weighted by Crippen LogP contribution is -2.35. The SMILES string of the molecule is CCCCN.C[Si](C)O[Si](C)(C)CCCN. The van der Waals surface area contributed by atoms with Crippen molar-refractivity contribution in [2.45, 2.75) is 58.4 Å². The van der Waals surface area contributed by atoms with Gasteiger partial charge in [0.05, 0.1) is 0 Å². The average Bonchev–Trinajstić information content (AvgIpc) is 2.15. The van der Waals surface area contributed by atoms with Crippen LogP contribution in [0.4, 0.5) is 0 Å². The number of nitrogens with two attached hydrogens (primary N) is 2. The highest BCUT2D eigenvalue weighted by atomic mass is 28.4. The minimum Gasteiger partial charge on any atom is -0.456 e. The van der Waals surface area contributed by atoms with Gasteiger partial charge in [0.25, 0.3) is 0 Å². The average molecular weight is 264 g/mol. The molecule has 99 valence electrons. The molecule has 0 aromatic heterocycles. The molecule has 0 unspecified atom stereocenters. The molecular weight excluding hydrogens is 232 g/mol. The third-order valence-corrected chi connectivity index (χ3v) is 7.42. The van der Waals surface area contributed by atoms with Crippen LogP contribution in [0.3, 0.4) is 0 Å². The Labute approximate surface area is 105 Å². The predicted molar refractivity (Wildman–Crippen MR) is 78.5 cm³/mol. The fourth-order valence-electron chi connectivity index (χ4n) is 1.34. The first-order valence-corrected chi connectivity index (χ1v) is 11.8. The van der Waals surface area contributed by atoms with Crippen molar-refractivity contribution in [3.63, 3.8) is 0 Å². The maximum atomic E-state index is 5.92. The lowest BCUT2D eigenvalue weighted by molar-refractivity contribution is 0.566. The predicted octanol–water partition coefficient (Wildman–Crippen LogP) is 2.55. The van der Waals surface area contributed by atoms with Crippen LogP contribution in [0.25, 0.3) is 0 Å². The van der Waals surface area contributed by atoms with E-state index in [-0.39, 0.29) is 0 Å². The second kappa shape index (κ2) is 11.8. The highest BCUT2D eigenvalue weighted by Gasteiger charge is 2.22. The molecule has 0 amide bonds. The molecule has 0 aromatic carbocycles. The maximum absolute atomic E-state index is 5.92. The summed E-state index contributed by atoms with van der Waals surface area (Å²) >= 11 is 0. The molecule has 1 radical (unpaired) electrons. The van der Waals surface area contributed by atoms with E-state index in [2.05, 4.69) is 33.1 Å². The molecule has 16 heavy (non-hydrogen) atoms. The summed E-state index contributed by atoms with van der Waals surface area (Å²) < 4.78 is 5.92. The van der Waals surface area contributed by atoms with Crippen LogP contribution in [0.5, 0.6) is 0 Å². The van der Waals surface area contributed by atoms with Crippen LogP contribution >= 0.6 is 0 Å². The van der Waals surface area contributed by atoms with E-state index in [9.17, 15) is 0 Å². The summed E-state index contributed by atoms with van der Waals surface area (Å²) in [7, 11) is -1.82. The van der Waals surface area contributed by atoms with Crippen LogP contribution in [-0.4, -0.2) is 30.4 Å². The highest BCUT2D eigenvalue weighted by molar-refractivity contribution is 6.77. The van der Waals surface area contributed by atoms with Gasteiger partial charge in [-0.05, 0) is 58.2 Å². The molecule has 0 aliphatic carbocycles. The maximum Gasteiger partial charge on any atom is 0.191 e. The molecule has 0 aliphatic heterocycles. The number of unbranched alkanes of at least 4 members (excludes halogenated alkanes) is 1. The molecule has 0 rings (SSSR count). The van der Waals surface area contributed by atoms with Crippen molar-refractivity contribution in [3.8, 4) is 0 Å². The quantitative estimate of drug-likeness (QED) is 0.694. The molecule has 3 nitrogen and oxygen atoms in total. The Kier molecular flexibility index (Phi) is 13.8. The molecule has 0 aromatic rings. The second-order valence-electron chi connectivity index (χ2n) is 4.80. The summed E-state index contributed by atoms with van der Waals surface area (Å²) in [5, 5.41) is 0. The Bertz CT molecular complexity index is 142. The Hall–Kier alpha value is 0.314. The van der Waals surface area contributed by atoms with Gasteiger partial charge in [-0.3, -0.25) is 0 Å². The Morgan fingerprint density at radius 2 is 1.56 bits per heavy atom. The number of rotatable bonds is 7. The highest BCUT2D eigenvalue weighted by Crippen LogP contribution is 2.13. The zero-order valence-corrected chi connectivity index (χ0v) is 13.8. The van der Waals surface area contributed by atoms with Crippen LogP contribution in [0.15, 0.2) is 0 Å². The van der Waals surface area contributed by atoms with Gasteiger partial charge in [-0.25, -0.2) is 0 Å². The fraction of sp³-hybridized carbons (Fsp3) is 1.00. The van der Waals surface area contributed by atoms with Gasteiger partial charge in [0.2, 0.25) is 0 Å². The first-order valence-electron chi connectivity index (χ1n) is 6.29. The lowest BCUT2D eigenvalue weighted by Gasteiger charge is -2.24. The van der Waals surface area contributed by atoms with Gasteiger partial charge >= 0.3 is 0 Å². The zero-order chi connectivity index (χ0) is 13.0. The summed E-state index contributed by atoms with van der Waals surface area (Å²) in [6.07, 6.45) is 3.50. The van der Waals surface area contributed by atoms with Crippen LogP contribution < -0.4 is 11.5 Å². The van der Waals surface area contributed by atoms with E-state index in [4.69, 9.17) is 15.6 Å². The van der Waals surface area contributed by atoms with E-state index in [0.29, 0.717) is 0 Å². The standard InChI is InChI=1S/C7H20NOSi2.C4H11N/c1-10(2)9-11(3,4)7-5-6-8;1-2-3-4-5/h5-8H2,1-4H3;2-5H2,1H3. The van der Waals surface area contributed by atoms with Gasteiger partial charge in [-0.15, -0.1) is 0 Å². The van der Waals surface area contributed by atoms with E-state index >= 15 is 0 Å². The molecule has 0 spiro atoms. The van der Waals surface area contributed by atoms with Crippen molar-refractivity contribution in [2.75, 3.05) is 13.1 Å². The lowest BCUT2D eigenvalue weighted by atomic mass is 10.3. The minimum absolute atomic E-state index is 0.501. The largest absolute Gasteiger partial charge is 0.456 e. The molecule has 0 bridgehead atoms. The summed E-state index contributed by atoms with van der Waals surface area (Å²) in [5.41, 5.74) is 10.6. The van der Waals surface area contributed by atoms with E-state index in [1.165, 1.54) is 18.9 Å². The van der Waals surface area contributed by atoms with Crippen molar-refractivity contribution in [3.05, 3.63) is 0 Å². The van der Waals surface area contributed by atoms with Gasteiger partial charge in [-0.1, -0.05) is 13.3 Å². The van der Waals surface area contributed by atoms with Gasteiger partial charge in [-0.2, -0.15) is 0 Å². The molecular formula is C11H31N2OSi2. The van der Waals surface area contributed by atoms with Crippen LogP contribution in [0.2, 0.25) is 32.2 Å². The fourth-order valence-corrected chi connectivity index (χ4v) is 7.22. The Balaban J connectivity index is 0. The van der Waals surface area contributed by atoms with Crippen molar-refractivity contribution < 1.29 is 4.12 Å². The molecule has 4 N–H and O–H groups in total. The smallest absolute Gasteiger partial charge is 0.191 e. The van der Waals surface area contributed by atoms with Gasteiger partial charge in [0.1, 0.15) is 0 Å². The number of hydrogen-bond donors (Lipinski definition) is 2. The van der Waals surface area contributed by atoms with Crippen LogP contribution in [-0.2, 0) is 4.12 Å². The van der Waals surface area contributed by atoms with E-state index in [1.54, 1.807) is 0 Å². The van der Waals surface area contributed by atoms with E-state index < -0.39 is 17.4 Å². The van der Waals surface area contributed by atoms with Crippen LogP contribution in [0, 0.1) is 0 Å². The van der Waals surface area contributed by atoms with Gasteiger partial charge < -0.3 is 15.6 Å². The van der Waals surface area contributed by atoms with E-state index in [1.807, 2.05) is 0 Å². The first kappa shape index (κ1) is 18.7. The third-order valence-electron chi connectivity index (χ3n) is 2.02. The van der Waals surface area contributed by atoms with Crippen molar-refractivity contribution >= 4 is 17.4 Å². The molecule has 0 aliphatic rings. The topological polar surface area (TPSA) is 61.3 Å². The first-order chi connectivity index (χ1) is 7.39. The molecule has 0 atom stereocenters. The molecule has 5 heteroatoms. The second-order valence-corrected chi connectivity index (χ2v) is 11.5. The van der Waals surface area contributed by atoms with Crippen molar-refractivity contribution in [1.29, 1.82) is 0 Å². The monoisotopic (exact) mass is 263 g/mol. The Morgan fingerprint density at radius 1 is 1.06 bits per heavy atom. The van der Waals surface area contributed by atoms with Crippen molar-refractivity contribution in [1.82, 2.24) is 0 Å². The van der Waals surface area contributed by atoms with Gasteiger partial charge in [0.15, 0.2) is 17.4 Å². The van der Waals surface area contributed by atoms with Crippen LogP contribution in [0.1, 0.15) is 26.2 Å². The summed E-state index contributed by atoms with van der Waals surface area (Å²) in [5.74, 6) is 0. The summed E-state index contributed by atoms with van der Waals surface area (Å²) in [6.45, 7) is 12.7. The summed E-state index contributed by atoms with van der Waals surface area (Å²) in [6, 6.07) is 1.21. The molecule has 0 fully saturated rings. The zero-order valence-electron chi connectivity index (χ0n) is 11.8. The number of hydrogen-bond acceptors (Lipinski definition) is 3. The molecule has 0 saturated carbocycles. The summed E-state index contributed by atoms with van der Waals surface area (Å²) in [4.78, 5) is 0. The molecule has 0 saturated heterocycles. The Morgan fingerprint density at radius 3 is 1.81 bits per heavy atom. The van der Waals surface area contributed by atoms with Gasteiger partial charge in [0, 0.05) is 0 Å². The third kappa shape index (κ3) is 16.7. The van der Waals surface area contributed by atoms with E-state index in [0.717, 1.165) is 19.5 Å². The van der Waals surface area contributed by atoms with Crippen molar-refractivity contribution in [2.24, 2.45) is 11.5 Å².